The molecule has 33 heavy (non-hydrogen) atoms. The predicted molar refractivity (Wildman–Crippen MR) is 122 cm³/mol. The summed E-state index contributed by atoms with van der Waals surface area (Å²) in [5.74, 6) is -1.14. The molecule has 0 aliphatic heterocycles. The van der Waals surface area contributed by atoms with Crippen LogP contribution in [0, 0.1) is 29.8 Å². The highest BCUT2D eigenvalue weighted by Gasteiger charge is 2.27. The Morgan fingerprint density at radius 3 is 2.27 bits per heavy atom. The lowest BCUT2D eigenvalue weighted by Gasteiger charge is -2.22. The van der Waals surface area contributed by atoms with E-state index in [1.807, 2.05) is 6.92 Å². The first-order valence-corrected chi connectivity index (χ1v) is 11.4. The van der Waals surface area contributed by atoms with E-state index in [0.29, 0.717) is 11.1 Å². The molecule has 0 unspecified atom stereocenters. The zero-order valence-corrected chi connectivity index (χ0v) is 18.8. The normalized spacial score (nSPS) is 11.4. The van der Waals surface area contributed by atoms with E-state index in [0.717, 1.165) is 9.87 Å². The molecule has 0 heterocycles. The minimum atomic E-state index is -4.07. The molecule has 0 aromatic heterocycles. The van der Waals surface area contributed by atoms with Crippen molar-refractivity contribution in [3.05, 3.63) is 99.4 Å². The van der Waals surface area contributed by atoms with Crippen molar-refractivity contribution in [3.8, 4) is 0 Å². The van der Waals surface area contributed by atoms with Gasteiger partial charge in [0, 0.05) is 18.7 Å². The molecule has 3 rings (SSSR count). The van der Waals surface area contributed by atoms with Crippen molar-refractivity contribution in [1.82, 2.24) is 4.31 Å². The van der Waals surface area contributed by atoms with Gasteiger partial charge in [-0.25, -0.2) is 12.8 Å². The number of nitrogens with one attached hydrogen (secondary N) is 1. The number of non-ortho nitro benzene ring substituents is 1. The van der Waals surface area contributed by atoms with Crippen LogP contribution in [-0.4, -0.2) is 30.1 Å². The SMILES string of the molecule is Cc1ccc(S(=O)(=O)N(CC(=O)Nc2cc([N+](=O)[O-])ccc2C)Cc2ccc(F)cc2)cc1. The van der Waals surface area contributed by atoms with E-state index in [1.54, 1.807) is 19.1 Å². The van der Waals surface area contributed by atoms with E-state index in [-0.39, 0.29) is 22.8 Å². The van der Waals surface area contributed by atoms with Crippen LogP contribution in [0.3, 0.4) is 0 Å². The van der Waals surface area contributed by atoms with Crippen molar-refractivity contribution in [1.29, 1.82) is 0 Å². The van der Waals surface area contributed by atoms with Crippen LogP contribution in [0.25, 0.3) is 0 Å². The number of carbonyl (C=O) groups is 1. The highest BCUT2D eigenvalue weighted by Crippen LogP contribution is 2.23. The van der Waals surface area contributed by atoms with E-state index < -0.39 is 33.2 Å². The molecular weight excluding hydrogens is 449 g/mol. The fraction of sp³-hybridized carbons (Fsp3) is 0.174. The molecule has 1 N–H and O–H groups in total. The van der Waals surface area contributed by atoms with Gasteiger partial charge in [-0.15, -0.1) is 0 Å². The van der Waals surface area contributed by atoms with Gasteiger partial charge in [0.1, 0.15) is 5.82 Å². The van der Waals surface area contributed by atoms with Crippen LogP contribution in [0.1, 0.15) is 16.7 Å². The van der Waals surface area contributed by atoms with Gasteiger partial charge in [-0.3, -0.25) is 14.9 Å². The Morgan fingerprint density at radius 2 is 1.67 bits per heavy atom. The minimum Gasteiger partial charge on any atom is -0.324 e. The van der Waals surface area contributed by atoms with Crippen molar-refractivity contribution in [3.63, 3.8) is 0 Å². The quantitative estimate of drug-likeness (QED) is 0.392. The molecule has 0 aliphatic rings. The summed E-state index contributed by atoms with van der Waals surface area (Å²) in [6.07, 6.45) is 0. The van der Waals surface area contributed by atoms with Crippen molar-refractivity contribution >= 4 is 27.3 Å². The number of amides is 1. The maximum Gasteiger partial charge on any atom is 0.271 e. The molecule has 0 fully saturated rings. The van der Waals surface area contributed by atoms with Crippen LogP contribution >= 0.6 is 0 Å². The molecule has 172 valence electrons. The predicted octanol–water partition coefficient (Wildman–Crippen LogP) is 4.18. The summed E-state index contributed by atoms with van der Waals surface area (Å²) in [5, 5.41) is 13.6. The van der Waals surface area contributed by atoms with Gasteiger partial charge in [-0.2, -0.15) is 4.31 Å². The number of hydrogen-bond acceptors (Lipinski definition) is 5. The standard InChI is InChI=1S/C23H22FN3O5S/c1-16-3-11-21(12-4-16)33(31,32)26(14-18-6-8-19(24)9-7-18)15-23(28)25-22-13-20(27(29)30)10-5-17(22)2/h3-13H,14-15H2,1-2H3,(H,25,28). The lowest BCUT2D eigenvalue weighted by molar-refractivity contribution is -0.384. The fourth-order valence-corrected chi connectivity index (χ4v) is 4.47. The second-order valence-electron chi connectivity index (χ2n) is 7.52. The number of sulfonamides is 1. The number of nitro benzene ring substituents is 1. The van der Waals surface area contributed by atoms with Gasteiger partial charge < -0.3 is 5.32 Å². The lowest BCUT2D eigenvalue weighted by Crippen LogP contribution is -2.37. The van der Waals surface area contributed by atoms with Gasteiger partial charge in [0.05, 0.1) is 22.1 Å². The number of anilines is 1. The Kier molecular flexibility index (Phi) is 7.19. The highest BCUT2D eigenvalue weighted by atomic mass is 32.2. The van der Waals surface area contributed by atoms with E-state index in [9.17, 15) is 27.7 Å². The number of nitro groups is 1. The maximum absolute atomic E-state index is 13.3. The second-order valence-corrected chi connectivity index (χ2v) is 9.46. The van der Waals surface area contributed by atoms with Crippen LogP contribution in [0.5, 0.6) is 0 Å². The van der Waals surface area contributed by atoms with Gasteiger partial charge in [0.15, 0.2) is 0 Å². The first-order valence-electron chi connectivity index (χ1n) is 9.92. The lowest BCUT2D eigenvalue weighted by atomic mass is 10.2. The number of benzene rings is 3. The van der Waals surface area contributed by atoms with E-state index >= 15 is 0 Å². The number of carbonyl (C=O) groups excluding carboxylic acids is 1. The van der Waals surface area contributed by atoms with Gasteiger partial charge in [0.25, 0.3) is 5.69 Å². The van der Waals surface area contributed by atoms with E-state index in [4.69, 9.17) is 0 Å². The summed E-state index contributed by atoms with van der Waals surface area (Å²) in [6.45, 7) is 2.77. The molecule has 3 aromatic carbocycles. The molecule has 10 heteroatoms. The molecule has 8 nitrogen and oxygen atoms in total. The number of aryl methyl sites for hydroxylation is 2. The molecule has 1 amide bonds. The average Bonchev–Trinajstić information content (AvgIpc) is 2.76. The Morgan fingerprint density at radius 1 is 1.03 bits per heavy atom. The average molecular weight is 472 g/mol. The van der Waals surface area contributed by atoms with Gasteiger partial charge in [-0.1, -0.05) is 35.9 Å². The molecule has 0 bridgehead atoms. The summed E-state index contributed by atoms with van der Waals surface area (Å²) in [7, 11) is -4.07. The summed E-state index contributed by atoms with van der Waals surface area (Å²) < 4.78 is 40.9. The Labute approximate surface area is 190 Å². The minimum absolute atomic E-state index is 0.00883. The molecule has 0 spiro atoms. The molecule has 3 aromatic rings. The van der Waals surface area contributed by atoms with Crippen LogP contribution < -0.4 is 5.32 Å². The number of rotatable bonds is 8. The van der Waals surface area contributed by atoms with Crippen molar-refractivity contribution < 1.29 is 22.5 Å². The first kappa shape index (κ1) is 24.0. The second kappa shape index (κ2) is 9.88. The summed E-state index contributed by atoms with van der Waals surface area (Å²) >= 11 is 0. The Hall–Kier alpha value is -3.63. The zero-order chi connectivity index (χ0) is 24.2. The molecular formula is C23H22FN3O5S. The summed E-state index contributed by atoms with van der Waals surface area (Å²) in [4.78, 5) is 23.3. The number of hydrogen-bond donors (Lipinski definition) is 1. The first-order chi connectivity index (χ1) is 15.6. The molecule has 0 saturated heterocycles. The van der Waals surface area contributed by atoms with Crippen LogP contribution in [0.15, 0.2) is 71.6 Å². The smallest absolute Gasteiger partial charge is 0.271 e. The molecule has 0 saturated carbocycles. The third-order valence-corrected chi connectivity index (χ3v) is 6.76. The molecule has 0 aliphatic carbocycles. The van der Waals surface area contributed by atoms with Crippen molar-refractivity contribution in [2.24, 2.45) is 0 Å². The topological polar surface area (TPSA) is 110 Å². The van der Waals surface area contributed by atoms with Crippen molar-refractivity contribution in [2.75, 3.05) is 11.9 Å². The van der Waals surface area contributed by atoms with E-state index in [1.165, 1.54) is 54.6 Å². The van der Waals surface area contributed by atoms with Gasteiger partial charge in [-0.05, 0) is 49.2 Å². The molecule has 0 radical (unpaired) electrons. The maximum atomic E-state index is 13.3. The van der Waals surface area contributed by atoms with Gasteiger partial charge in [0.2, 0.25) is 15.9 Å². The Balaban J connectivity index is 1.90. The van der Waals surface area contributed by atoms with Gasteiger partial charge >= 0.3 is 0 Å². The number of nitrogens with zero attached hydrogens (tertiary/aromatic N) is 2. The molecule has 0 atom stereocenters. The van der Waals surface area contributed by atoms with Crippen LogP contribution in [0.2, 0.25) is 0 Å². The fourth-order valence-electron chi connectivity index (χ4n) is 3.09. The van der Waals surface area contributed by atoms with E-state index in [2.05, 4.69) is 5.32 Å². The van der Waals surface area contributed by atoms with Crippen molar-refractivity contribution in [2.45, 2.75) is 25.3 Å². The van der Waals surface area contributed by atoms with Crippen LogP contribution in [0.4, 0.5) is 15.8 Å². The third kappa shape index (κ3) is 5.99. The highest BCUT2D eigenvalue weighted by molar-refractivity contribution is 7.89. The monoisotopic (exact) mass is 471 g/mol. The summed E-state index contributed by atoms with van der Waals surface area (Å²) in [6, 6.07) is 15.5. The Bertz CT molecular complexity index is 1280. The zero-order valence-electron chi connectivity index (χ0n) is 18.0. The third-order valence-electron chi connectivity index (χ3n) is 4.96. The number of halogens is 1. The largest absolute Gasteiger partial charge is 0.324 e. The summed E-state index contributed by atoms with van der Waals surface area (Å²) in [5.41, 5.74) is 1.96. The van der Waals surface area contributed by atoms with Crippen LogP contribution in [-0.2, 0) is 21.4 Å².